The van der Waals surface area contributed by atoms with Gasteiger partial charge < -0.3 is 5.32 Å². The summed E-state index contributed by atoms with van der Waals surface area (Å²) in [5, 5.41) is 3.71. The lowest BCUT2D eigenvalue weighted by Crippen LogP contribution is -2.50. The van der Waals surface area contributed by atoms with Crippen LogP contribution in [-0.2, 0) is 0 Å². The van der Waals surface area contributed by atoms with Crippen molar-refractivity contribution in [1.29, 1.82) is 0 Å². The van der Waals surface area contributed by atoms with Crippen LogP contribution in [0.15, 0.2) is 24.3 Å². The Labute approximate surface area is 97.6 Å². The molecule has 3 rings (SSSR count). The molecule has 0 bridgehead atoms. The van der Waals surface area contributed by atoms with Crippen molar-refractivity contribution >= 4 is 0 Å². The summed E-state index contributed by atoms with van der Waals surface area (Å²) in [4.78, 5) is 2.66. The van der Waals surface area contributed by atoms with E-state index in [1.165, 1.54) is 37.1 Å². The largest absolute Gasteiger partial charge is 0.307 e. The second-order valence-electron chi connectivity index (χ2n) is 5.03. The summed E-state index contributed by atoms with van der Waals surface area (Å²) in [6.07, 6.45) is 2.72. The van der Waals surface area contributed by atoms with Gasteiger partial charge in [0.1, 0.15) is 0 Å². The smallest absolute Gasteiger partial charge is 0.0481 e. The van der Waals surface area contributed by atoms with E-state index in [0.717, 1.165) is 12.6 Å². The second-order valence-corrected chi connectivity index (χ2v) is 5.03. The van der Waals surface area contributed by atoms with Crippen molar-refractivity contribution < 1.29 is 0 Å². The van der Waals surface area contributed by atoms with Crippen LogP contribution in [-0.4, -0.2) is 30.6 Å². The number of fused-ring (bicyclic) bond motifs is 1. The summed E-state index contributed by atoms with van der Waals surface area (Å²) < 4.78 is 0. The van der Waals surface area contributed by atoms with E-state index >= 15 is 0 Å². The highest BCUT2D eigenvalue weighted by atomic mass is 15.2. The molecule has 0 amide bonds. The number of piperazine rings is 1. The van der Waals surface area contributed by atoms with Crippen LogP contribution in [0.1, 0.15) is 30.0 Å². The highest BCUT2D eigenvalue weighted by Gasteiger charge is 2.35. The van der Waals surface area contributed by atoms with Gasteiger partial charge in [0, 0.05) is 25.2 Å². The van der Waals surface area contributed by atoms with Crippen molar-refractivity contribution in [3.63, 3.8) is 0 Å². The molecule has 2 aliphatic heterocycles. The Balaban J connectivity index is 1.91. The van der Waals surface area contributed by atoms with E-state index in [0.29, 0.717) is 6.04 Å². The molecule has 2 unspecified atom stereocenters. The van der Waals surface area contributed by atoms with Crippen LogP contribution in [0.2, 0.25) is 0 Å². The van der Waals surface area contributed by atoms with Crippen molar-refractivity contribution in [1.82, 2.24) is 10.2 Å². The molecule has 1 N–H and O–H groups in total. The van der Waals surface area contributed by atoms with Gasteiger partial charge in [0.05, 0.1) is 0 Å². The zero-order valence-electron chi connectivity index (χ0n) is 9.95. The van der Waals surface area contributed by atoms with E-state index in [4.69, 9.17) is 0 Å². The van der Waals surface area contributed by atoms with Crippen molar-refractivity contribution in [2.24, 2.45) is 0 Å². The molecule has 2 fully saturated rings. The summed E-state index contributed by atoms with van der Waals surface area (Å²) in [5.74, 6) is 0. The molecule has 1 aromatic carbocycles. The first kappa shape index (κ1) is 10.3. The minimum atomic E-state index is 0.553. The van der Waals surface area contributed by atoms with E-state index in [2.05, 4.69) is 41.4 Å². The number of aryl methyl sites for hydroxylation is 1. The van der Waals surface area contributed by atoms with Crippen LogP contribution in [0.4, 0.5) is 0 Å². The van der Waals surface area contributed by atoms with E-state index < -0.39 is 0 Å². The summed E-state index contributed by atoms with van der Waals surface area (Å²) >= 11 is 0. The third-order valence-corrected chi connectivity index (χ3v) is 4.09. The Bertz CT molecular complexity index is 375. The Hall–Kier alpha value is -0.860. The predicted molar refractivity (Wildman–Crippen MR) is 66.5 cm³/mol. The first-order valence-electron chi connectivity index (χ1n) is 6.39. The number of nitrogens with zero attached hydrogens (tertiary/aromatic N) is 1. The van der Waals surface area contributed by atoms with Crippen molar-refractivity contribution in [2.75, 3.05) is 19.6 Å². The molecule has 2 aliphatic rings. The van der Waals surface area contributed by atoms with Gasteiger partial charge >= 0.3 is 0 Å². The molecule has 16 heavy (non-hydrogen) atoms. The molecule has 0 aliphatic carbocycles. The van der Waals surface area contributed by atoms with Gasteiger partial charge in [-0.3, -0.25) is 4.90 Å². The summed E-state index contributed by atoms with van der Waals surface area (Å²) in [6.45, 7) is 5.89. The van der Waals surface area contributed by atoms with Gasteiger partial charge in [-0.1, -0.05) is 24.3 Å². The normalized spacial score (nSPS) is 30.3. The minimum Gasteiger partial charge on any atom is -0.307 e. The molecule has 0 aromatic heterocycles. The summed E-state index contributed by atoms with van der Waals surface area (Å²) in [7, 11) is 0. The lowest BCUT2D eigenvalue weighted by molar-refractivity contribution is 0.163. The Morgan fingerprint density at radius 1 is 1.25 bits per heavy atom. The monoisotopic (exact) mass is 216 g/mol. The maximum Gasteiger partial charge on any atom is 0.0481 e. The average Bonchev–Trinajstić information content (AvgIpc) is 2.77. The lowest BCUT2D eigenvalue weighted by atomic mass is 9.92. The molecule has 0 spiro atoms. The number of benzene rings is 1. The van der Waals surface area contributed by atoms with Crippen LogP contribution < -0.4 is 5.32 Å². The number of rotatable bonds is 1. The van der Waals surface area contributed by atoms with Gasteiger partial charge in [0.2, 0.25) is 0 Å². The first-order valence-corrected chi connectivity index (χ1v) is 6.39. The Kier molecular flexibility index (Phi) is 2.70. The Morgan fingerprint density at radius 3 is 3.00 bits per heavy atom. The summed E-state index contributed by atoms with van der Waals surface area (Å²) in [6, 6.07) is 10.1. The highest BCUT2D eigenvalue weighted by Crippen LogP contribution is 2.32. The first-order chi connectivity index (χ1) is 7.86. The fourth-order valence-electron chi connectivity index (χ4n) is 3.26. The maximum atomic E-state index is 3.71. The zero-order chi connectivity index (χ0) is 11.0. The molecular formula is C14H20N2. The van der Waals surface area contributed by atoms with Gasteiger partial charge in [-0.25, -0.2) is 0 Å². The van der Waals surface area contributed by atoms with Gasteiger partial charge in [-0.15, -0.1) is 0 Å². The maximum absolute atomic E-state index is 3.71. The molecule has 2 heteroatoms. The van der Waals surface area contributed by atoms with Gasteiger partial charge in [0.25, 0.3) is 0 Å². The second kappa shape index (κ2) is 4.19. The van der Waals surface area contributed by atoms with Crippen LogP contribution >= 0.6 is 0 Å². The number of nitrogens with one attached hydrogen (secondary N) is 1. The lowest BCUT2D eigenvalue weighted by Gasteiger charge is -2.38. The molecule has 2 atom stereocenters. The van der Waals surface area contributed by atoms with Crippen LogP contribution in [0, 0.1) is 6.92 Å². The number of hydrogen-bond donors (Lipinski definition) is 1. The Morgan fingerprint density at radius 2 is 2.12 bits per heavy atom. The third kappa shape index (κ3) is 1.66. The molecule has 2 saturated heterocycles. The van der Waals surface area contributed by atoms with Gasteiger partial charge in [-0.2, -0.15) is 0 Å². The van der Waals surface area contributed by atoms with Crippen molar-refractivity contribution in [2.45, 2.75) is 31.8 Å². The molecule has 0 radical (unpaired) electrons. The van der Waals surface area contributed by atoms with Crippen LogP contribution in [0.3, 0.4) is 0 Å². The van der Waals surface area contributed by atoms with E-state index in [-0.39, 0.29) is 0 Å². The molecule has 2 nitrogen and oxygen atoms in total. The van der Waals surface area contributed by atoms with Crippen molar-refractivity contribution in [3.8, 4) is 0 Å². The molecule has 0 saturated carbocycles. The quantitative estimate of drug-likeness (QED) is 0.773. The van der Waals surface area contributed by atoms with Gasteiger partial charge in [0.15, 0.2) is 0 Å². The topological polar surface area (TPSA) is 15.3 Å². The fourth-order valence-corrected chi connectivity index (χ4v) is 3.26. The molecule has 2 heterocycles. The van der Waals surface area contributed by atoms with E-state index in [9.17, 15) is 0 Å². The number of hydrogen-bond acceptors (Lipinski definition) is 2. The van der Waals surface area contributed by atoms with E-state index in [1.807, 2.05) is 0 Å². The predicted octanol–water partition coefficient (Wildman–Crippen LogP) is 2.10. The molecule has 1 aromatic rings. The third-order valence-electron chi connectivity index (χ3n) is 4.09. The van der Waals surface area contributed by atoms with Crippen LogP contribution in [0.25, 0.3) is 0 Å². The molecule has 86 valence electrons. The minimum absolute atomic E-state index is 0.553. The molecular weight excluding hydrogens is 196 g/mol. The van der Waals surface area contributed by atoms with Gasteiger partial charge in [-0.05, 0) is 37.4 Å². The van der Waals surface area contributed by atoms with E-state index in [1.54, 1.807) is 0 Å². The van der Waals surface area contributed by atoms with Crippen LogP contribution in [0.5, 0.6) is 0 Å². The highest BCUT2D eigenvalue weighted by molar-refractivity contribution is 5.30. The average molecular weight is 216 g/mol. The zero-order valence-corrected chi connectivity index (χ0v) is 9.95. The fraction of sp³-hybridized carbons (Fsp3) is 0.571. The summed E-state index contributed by atoms with van der Waals surface area (Å²) in [5.41, 5.74) is 2.92. The standard InChI is InChI=1S/C14H20N2/c1-11-5-2-3-6-12(11)14-13-7-4-9-16(13)10-8-15-14/h2-3,5-6,13-15H,4,7-10H2,1H3. The SMILES string of the molecule is Cc1ccccc1C1NCCN2CCCC12. The van der Waals surface area contributed by atoms with Crippen molar-refractivity contribution in [3.05, 3.63) is 35.4 Å².